The van der Waals surface area contributed by atoms with Gasteiger partial charge >= 0.3 is 0 Å². The first-order valence-corrected chi connectivity index (χ1v) is 5.89. The zero-order chi connectivity index (χ0) is 11.0. The summed E-state index contributed by atoms with van der Waals surface area (Å²) >= 11 is 0. The van der Waals surface area contributed by atoms with Crippen LogP contribution in [-0.2, 0) is 4.79 Å². The monoisotopic (exact) mass is 199 g/mol. The van der Waals surface area contributed by atoms with Crippen molar-refractivity contribution in [3.8, 4) is 0 Å². The molecule has 0 aromatic rings. The second kappa shape index (κ2) is 6.86. The lowest BCUT2D eigenvalue weighted by Crippen LogP contribution is -2.38. The van der Waals surface area contributed by atoms with Crippen LogP contribution in [0.1, 0.15) is 59.8 Å². The summed E-state index contributed by atoms with van der Waals surface area (Å²) in [6.45, 7) is 9.26. The molecule has 1 amide bonds. The minimum absolute atomic E-state index is 0.150. The maximum Gasteiger partial charge on any atom is 0.225 e. The molecule has 0 aliphatic rings. The van der Waals surface area contributed by atoms with Gasteiger partial charge in [0.05, 0.1) is 0 Å². The van der Waals surface area contributed by atoms with Crippen LogP contribution in [0.4, 0.5) is 0 Å². The summed E-state index contributed by atoms with van der Waals surface area (Å²) in [5.74, 6) is 0.232. The van der Waals surface area contributed by atoms with Crippen LogP contribution >= 0.6 is 0 Å². The van der Waals surface area contributed by atoms with E-state index in [-0.39, 0.29) is 11.3 Å². The molecule has 0 aromatic heterocycles. The van der Waals surface area contributed by atoms with Gasteiger partial charge in [-0.1, -0.05) is 40.5 Å². The maximum atomic E-state index is 11.8. The molecule has 0 aliphatic carbocycles. The Bertz CT molecular complexity index is 168. The highest BCUT2D eigenvalue weighted by atomic mass is 16.2. The highest BCUT2D eigenvalue weighted by molar-refractivity contribution is 5.82. The first-order chi connectivity index (χ1) is 6.60. The fourth-order valence-corrected chi connectivity index (χ4v) is 1.59. The summed E-state index contributed by atoms with van der Waals surface area (Å²) < 4.78 is 0. The maximum absolute atomic E-state index is 11.8. The van der Waals surface area contributed by atoms with Crippen molar-refractivity contribution in [1.82, 2.24) is 5.32 Å². The van der Waals surface area contributed by atoms with Gasteiger partial charge in [-0.25, -0.2) is 0 Å². The van der Waals surface area contributed by atoms with Gasteiger partial charge in [-0.2, -0.15) is 0 Å². The Hall–Kier alpha value is -0.530. The van der Waals surface area contributed by atoms with Crippen LogP contribution in [0.2, 0.25) is 0 Å². The van der Waals surface area contributed by atoms with Crippen molar-refractivity contribution >= 4 is 5.91 Å². The van der Waals surface area contributed by atoms with Crippen LogP contribution in [0, 0.1) is 5.41 Å². The van der Waals surface area contributed by atoms with Crippen molar-refractivity contribution in [3.63, 3.8) is 0 Å². The molecule has 2 heteroatoms. The Morgan fingerprint density at radius 1 is 1.21 bits per heavy atom. The first-order valence-electron chi connectivity index (χ1n) is 5.89. The molecular formula is C12H25NO. The first kappa shape index (κ1) is 13.5. The Balaban J connectivity index is 4.03. The average molecular weight is 199 g/mol. The Morgan fingerprint density at radius 3 is 2.29 bits per heavy atom. The topological polar surface area (TPSA) is 29.1 Å². The number of unbranched alkanes of at least 4 members (excludes halogenated alkanes) is 1. The Morgan fingerprint density at radius 2 is 1.86 bits per heavy atom. The van der Waals surface area contributed by atoms with E-state index in [0.717, 1.165) is 38.6 Å². The summed E-state index contributed by atoms with van der Waals surface area (Å²) in [6.07, 6.45) is 5.21. The molecule has 0 spiro atoms. The van der Waals surface area contributed by atoms with Crippen molar-refractivity contribution in [1.29, 1.82) is 0 Å². The van der Waals surface area contributed by atoms with E-state index in [0.29, 0.717) is 0 Å². The van der Waals surface area contributed by atoms with Crippen LogP contribution in [0.3, 0.4) is 0 Å². The standard InChI is InChI=1S/C12H25NO/c1-5-8-10-13-11(14)12(4,7-3)9-6-2/h5-10H2,1-4H3,(H,13,14). The van der Waals surface area contributed by atoms with Crippen molar-refractivity contribution in [2.75, 3.05) is 6.54 Å². The van der Waals surface area contributed by atoms with Gasteiger partial charge in [0.2, 0.25) is 5.91 Å². The van der Waals surface area contributed by atoms with E-state index in [1.807, 2.05) is 0 Å². The predicted octanol–water partition coefficient (Wildman–Crippen LogP) is 3.12. The fourth-order valence-electron chi connectivity index (χ4n) is 1.59. The van der Waals surface area contributed by atoms with Crippen LogP contribution < -0.4 is 5.32 Å². The number of hydrogen-bond acceptors (Lipinski definition) is 1. The van der Waals surface area contributed by atoms with Gasteiger partial charge in [0.25, 0.3) is 0 Å². The molecule has 84 valence electrons. The van der Waals surface area contributed by atoms with Crippen LogP contribution in [-0.4, -0.2) is 12.5 Å². The molecule has 0 radical (unpaired) electrons. The number of rotatable bonds is 7. The molecule has 0 aliphatic heterocycles. The minimum Gasteiger partial charge on any atom is -0.356 e. The van der Waals surface area contributed by atoms with E-state index in [1.54, 1.807) is 0 Å². The highest BCUT2D eigenvalue weighted by Crippen LogP contribution is 2.27. The Kier molecular flexibility index (Phi) is 6.60. The lowest BCUT2D eigenvalue weighted by molar-refractivity contribution is -0.130. The van der Waals surface area contributed by atoms with Crippen LogP contribution in [0.15, 0.2) is 0 Å². The summed E-state index contributed by atoms with van der Waals surface area (Å²) in [7, 11) is 0. The third kappa shape index (κ3) is 4.12. The van der Waals surface area contributed by atoms with Gasteiger partial charge in [0.1, 0.15) is 0 Å². The number of hydrogen-bond donors (Lipinski definition) is 1. The zero-order valence-electron chi connectivity index (χ0n) is 10.2. The Labute approximate surface area is 88.5 Å². The van der Waals surface area contributed by atoms with E-state index >= 15 is 0 Å². The normalized spacial score (nSPS) is 14.9. The quantitative estimate of drug-likeness (QED) is 0.627. The van der Waals surface area contributed by atoms with Crippen molar-refractivity contribution in [3.05, 3.63) is 0 Å². The average Bonchev–Trinajstić information content (AvgIpc) is 2.18. The molecule has 1 unspecified atom stereocenters. The smallest absolute Gasteiger partial charge is 0.225 e. The van der Waals surface area contributed by atoms with E-state index in [9.17, 15) is 4.79 Å². The number of nitrogens with one attached hydrogen (secondary N) is 1. The summed E-state index contributed by atoms with van der Waals surface area (Å²) in [4.78, 5) is 11.8. The van der Waals surface area contributed by atoms with Gasteiger partial charge in [0.15, 0.2) is 0 Å². The molecule has 14 heavy (non-hydrogen) atoms. The van der Waals surface area contributed by atoms with E-state index < -0.39 is 0 Å². The SMILES string of the molecule is CCCCNC(=O)C(C)(CC)CCC. The number of amides is 1. The fraction of sp³-hybridized carbons (Fsp3) is 0.917. The van der Waals surface area contributed by atoms with Gasteiger partial charge in [-0.05, 0) is 19.3 Å². The van der Waals surface area contributed by atoms with Crippen molar-refractivity contribution < 1.29 is 4.79 Å². The van der Waals surface area contributed by atoms with Gasteiger partial charge < -0.3 is 5.32 Å². The summed E-state index contributed by atoms with van der Waals surface area (Å²) in [6, 6.07) is 0. The predicted molar refractivity (Wildman–Crippen MR) is 61.2 cm³/mol. The van der Waals surface area contributed by atoms with Crippen molar-refractivity contribution in [2.24, 2.45) is 5.41 Å². The third-order valence-corrected chi connectivity index (χ3v) is 2.95. The molecule has 0 bridgehead atoms. The molecule has 0 rings (SSSR count). The summed E-state index contributed by atoms with van der Waals surface area (Å²) in [5, 5.41) is 3.02. The molecule has 0 heterocycles. The molecular weight excluding hydrogens is 174 g/mol. The summed E-state index contributed by atoms with van der Waals surface area (Å²) in [5.41, 5.74) is -0.150. The van der Waals surface area contributed by atoms with Crippen LogP contribution in [0.25, 0.3) is 0 Å². The lowest BCUT2D eigenvalue weighted by atomic mass is 9.82. The second-order valence-corrected chi connectivity index (χ2v) is 4.27. The molecule has 0 saturated heterocycles. The molecule has 0 fully saturated rings. The number of carbonyl (C=O) groups excluding carboxylic acids is 1. The third-order valence-electron chi connectivity index (χ3n) is 2.95. The largest absolute Gasteiger partial charge is 0.356 e. The molecule has 1 N–H and O–H groups in total. The number of carbonyl (C=O) groups is 1. The highest BCUT2D eigenvalue weighted by Gasteiger charge is 2.29. The lowest BCUT2D eigenvalue weighted by Gasteiger charge is -2.26. The van der Waals surface area contributed by atoms with Gasteiger partial charge in [-0.3, -0.25) is 4.79 Å². The van der Waals surface area contributed by atoms with E-state index in [2.05, 4.69) is 33.0 Å². The van der Waals surface area contributed by atoms with E-state index in [1.165, 1.54) is 0 Å². The molecule has 0 saturated carbocycles. The van der Waals surface area contributed by atoms with Crippen LogP contribution in [0.5, 0.6) is 0 Å². The molecule has 2 nitrogen and oxygen atoms in total. The van der Waals surface area contributed by atoms with Crippen molar-refractivity contribution in [2.45, 2.75) is 59.8 Å². The van der Waals surface area contributed by atoms with Gasteiger partial charge in [-0.15, -0.1) is 0 Å². The minimum atomic E-state index is -0.150. The zero-order valence-corrected chi connectivity index (χ0v) is 10.2. The second-order valence-electron chi connectivity index (χ2n) is 4.27. The van der Waals surface area contributed by atoms with E-state index in [4.69, 9.17) is 0 Å². The van der Waals surface area contributed by atoms with Gasteiger partial charge in [0, 0.05) is 12.0 Å². The molecule has 0 aromatic carbocycles. The molecule has 1 atom stereocenters.